The van der Waals surface area contributed by atoms with Gasteiger partial charge in [-0.25, -0.2) is 0 Å². The third kappa shape index (κ3) is 2.96. The summed E-state index contributed by atoms with van der Waals surface area (Å²) in [5.74, 6) is 0. The molecular weight excluding hydrogens is 380 g/mol. The van der Waals surface area contributed by atoms with E-state index in [1.807, 2.05) is 36.6 Å². The molecule has 0 unspecified atom stereocenters. The van der Waals surface area contributed by atoms with Crippen molar-refractivity contribution in [2.75, 3.05) is 20.0 Å². The van der Waals surface area contributed by atoms with E-state index < -0.39 is 0 Å². The minimum absolute atomic E-state index is 0.121. The Morgan fingerprint density at radius 3 is 2.74 bits per heavy atom. The molecule has 3 rings (SSSR count). The quantitative estimate of drug-likeness (QED) is 0.486. The van der Waals surface area contributed by atoms with Crippen LogP contribution in [0, 0.1) is 0 Å². The average molecular weight is 395 g/mol. The molecule has 0 radical (unpaired) electrons. The maximum atomic E-state index is 13.0. The molecule has 0 aliphatic rings. The largest absolute Gasteiger partial charge is 0.430 e. The number of aromatic nitrogens is 2. The molecule has 0 saturated carbocycles. The number of hydrogen-bond acceptors (Lipinski definition) is 5. The van der Waals surface area contributed by atoms with Crippen LogP contribution in [0.2, 0.25) is 0 Å². The van der Waals surface area contributed by atoms with Crippen molar-refractivity contribution in [3.63, 3.8) is 0 Å². The Bertz CT molecular complexity index is 890. The van der Waals surface area contributed by atoms with Crippen LogP contribution in [0.15, 0.2) is 49.4 Å². The zero-order valence-electron chi connectivity index (χ0n) is 12.7. The Morgan fingerprint density at radius 2 is 2.09 bits per heavy atom. The monoisotopic (exact) mass is 394 g/mol. The van der Waals surface area contributed by atoms with Crippen molar-refractivity contribution < 1.29 is 9.15 Å². The van der Waals surface area contributed by atoms with Crippen LogP contribution in [0.4, 0.5) is 0 Å². The molecule has 120 valence electrons. The smallest absolute Gasteiger partial charge is 0.266 e. The third-order valence-electron chi connectivity index (χ3n) is 3.50. The van der Waals surface area contributed by atoms with E-state index in [0.717, 1.165) is 11.1 Å². The highest BCUT2D eigenvalue weighted by Gasteiger charge is 2.21. The predicted octanol–water partition coefficient (Wildman–Crippen LogP) is 3.79. The molecule has 23 heavy (non-hydrogen) atoms. The van der Waals surface area contributed by atoms with Gasteiger partial charge in [-0.15, -0.1) is 0 Å². The van der Waals surface area contributed by atoms with E-state index in [4.69, 9.17) is 9.15 Å². The van der Waals surface area contributed by atoms with Crippen molar-refractivity contribution in [2.45, 2.75) is 11.7 Å². The third-order valence-corrected chi connectivity index (χ3v) is 4.73. The molecule has 0 aliphatic heterocycles. The fraction of sp³-hybridized carbons (Fsp3) is 0.250. The minimum atomic E-state index is -0.121. The number of hydrogen-bond donors (Lipinski definition) is 0. The molecule has 0 spiro atoms. The Hall–Kier alpha value is -1.57. The van der Waals surface area contributed by atoms with Gasteiger partial charge in [-0.3, -0.25) is 9.36 Å². The summed E-state index contributed by atoms with van der Waals surface area (Å²) >= 11 is 4.82. The summed E-state index contributed by atoms with van der Waals surface area (Å²) in [4.78, 5) is 17.5. The highest BCUT2D eigenvalue weighted by atomic mass is 79.9. The Balaban J connectivity index is 2.31. The molecule has 7 heteroatoms. The van der Waals surface area contributed by atoms with Crippen LogP contribution in [0.25, 0.3) is 22.2 Å². The van der Waals surface area contributed by atoms with E-state index in [1.165, 1.54) is 11.8 Å². The van der Waals surface area contributed by atoms with E-state index in [2.05, 4.69) is 20.9 Å². The lowest BCUT2D eigenvalue weighted by Crippen LogP contribution is -2.25. The van der Waals surface area contributed by atoms with Crippen LogP contribution in [0.5, 0.6) is 0 Å². The van der Waals surface area contributed by atoms with Gasteiger partial charge >= 0.3 is 0 Å². The van der Waals surface area contributed by atoms with Crippen molar-refractivity contribution in [2.24, 2.45) is 0 Å². The summed E-state index contributed by atoms with van der Waals surface area (Å²) in [5, 5.41) is 1.09. The number of furan rings is 1. The lowest BCUT2D eigenvalue weighted by molar-refractivity contribution is 0.183. The van der Waals surface area contributed by atoms with Crippen molar-refractivity contribution in [3.05, 3.63) is 45.4 Å². The molecule has 5 nitrogen and oxygen atoms in total. The first-order valence-corrected chi connectivity index (χ1v) is 9.00. The van der Waals surface area contributed by atoms with Crippen LogP contribution in [-0.4, -0.2) is 29.5 Å². The molecule has 1 aromatic carbocycles. The number of methoxy groups -OCH3 is 1. The molecule has 0 N–H and O–H groups in total. The van der Waals surface area contributed by atoms with Crippen LogP contribution >= 0.6 is 27.7 Å². The number of thioether (sulfide) groups is 1. The second-order valence-electron chi connectivity index (χ2n) is 4.85. The molecule has 0 atom stereocenters. The van der Waals surface area contributed by atoms with Gasteiger partial charge in [0.2, 0.25) is 5.71 Å². The lowest BCUT2D eigenvalue weighted by Gasteiger charge is -2.09. The molecule has 3 aromatic rings. The first kappa shape index (κ1) is 16.3. The van der Waals surface area contributed by atoms with E-state index in [9.17, 15) is 4.79 Å². The Kier molecular flexibility index (Phi) is 4.89. The summed E-state index contributed by atoms with van der Waals surface area (Å²) in [6, 6.07) is 9.66. The molecule has 0 fully saturated rings. The second-order valence-corrected chi connectivity index (χ2v) is 6.34. The highest BCUT2D eigenvalue weighted by molar-refractivity contribution is 9.10. The first-order valence-electron chi connectivity index (χ1n) is 6.98. The number of benzene rings is 1. The standard InChI is InChI=1S/C16H15BrN2O3S/c1-21-9-8-19-15(20)12-11(10-6-4-3-5-7-10)13(17)22-14(12)18-16(19)23-2/h3-7H,8-9H2,1-2H3. The molecule has 0 bridgehead atoms. The number of nitrogens with zero attached hydrogens (tertiary/aromatic N) is 2. The molecule has 0 amide bonds. The molecular formula is C16H15BrN2O3S. The Labute approximate surface area is 145 Å². The van der Waals surface area contributed by atoms with Gasteiger partial charge in [0.05, 0.1) is 18.7 Å². The lowest BCUT2D eigenvalue weighted by atomic mass is 10.1. The molecule has 0 saturated heterocycles. The number of ether oxygens (including phenoxy) is 1. The first-order chi connectivity index (χ1) is 11.2. The van der Waals surface area contributed by atoms with Gasteiger partial charge in [-0.1, -0.05) is 42.1 Å². The van der Waals surface area contributed by atoms with Crippen molar-refractivity contribution >= 4 is 38.8 Å². The summed E-state index contributed by atoms with van der Waals surface area (Å²) in [5.41, 5.74) is 1.87. The summed E-state index contributed by atoms with van der Waals surface area (Å²) in [6.07, 6.45) is 1.88. The van der Waals surface area contributed by atoms with Gasteiger partial charge in [-0.2, -0.15) is 4.98 Å². The van der Waals surface area contributed by atoms with Crippen LogP contribution < -0.4 is 5.56 Å². The predicted molar refractivity (Wildman–Crippen MR) is 95.1 cm³/mol. The fourth-order valence-corrected chi connectivity index (χ4v) is 3.59. The van der Waals surface area contributed by atoms with E-state index >= 15 is 0 Å². The van der Waals surface area contributed by atoms with E-state index in [-0.39, 0.29) is 5.56 Å². The second kappa shape index (κ2) is 6.90. The van der Waals surface area contributed by atoms with Crippen molar-refractivity contribution in [1.82, 2.24) is 9.55 Å². The highest BCUT2D eigenvalue weighted by Crippen LogP contribution is 2.36. The average Bonchev–Trinajstić information content (AvgIpc) is 2.90. The van der Waals surface area contributed by atoms with Gasteiger partial charge in [-0.05, 0) is 27.7 Å². The maximum absolute atomic E-state index is 13.0. The molecule has 0 aliphatic carbocycles. The fourth-order valence-electron chi connectivity index (χ4n) is 2.44. The molecule has 2 heterocycles. The van der Waals surface area contributed by atoms with E-state index in [0.29, 0.717) is 34.1 Å². The van der Waals surface area contributed by atoms with Crippen LogP contribution in [0.3, 0.4) is 0 Å². The van der Waals surface area contributed by atoms with E-state index in [1.54, 1.807) is 11.7 Å². The van der Waals surface area contributed by atoms with Gasteiger partial charge in [0, 0.05) is 7.11 Å². The van der Waals surface area contributed by atoms with Gasteiger partial charge in [0.1, 0.15) is 5.39 Å². The van der Waals surface area contributed by atoms with Gasteiger partial charge < -0.3 is 9.15 Å². The minimum Gasteiger partial charge on any atom is -0.430 e. The zero-order valence-corrected chi connectivity index (χ0v) is 15.1. The Morgan fingerprint density at radius 1 is 1.35 bits per heavy atom. The SMILES string of the molecule is COCCn1c(SC)nc2oc(Br)c(-c3ccccc3)c2c1=O. The van der Waals surface area contributed by atoms with Crippen LogP contribution in [0.1, 0.15) is 0 Å². The zero-order chi connectivity index (χ0) is 16.4. The topological polar surface area (TPSA) is 57.3 Å². The van der Waals surface area contributed by atoms with Crippen LogP contribution in [-0.2, 0) is 11.3 Å². The molecule has 2 aromatic heterocycles. The van der Waals surface area contributed by atoms with Gasteiger partial charge in [0.25, 0.3) is 5.56 Å². The maximum Gasteiger partial charge on any atom is 0.266 e. The van der Waals surface area contributed by atoms with Gasteiger partial charge in [0.15, 0.2) is 9.83 Å². The summed E-state index contributed by atoms with van der Waals surface area (Å²) in [7, 11) is 1.61. The van der Waals surface area contributed by atoms with Crippen molar-refractivity contribution in [1.29, 1.82) is 0 Å². The number of halogens is 1. The number of fused-ring (bicyclic) bond motifs is 1. The summed E-state index contributed by atoms with van der Waals surface area (Å²) in [6.45, 7) is 0.895. The summed E-state index contributed by atoms with van der Waals surface area (Å²) < 4.78 is 12.9. The number of rotatable bonds is 5. The normalized spacial score (nSPS) is 11.3. The van der Waals surface area contributed by atoms with Crippen molar-refractivity contribution in [3.8, 4) is 11.1 Å².